The molecule has 21 heavy (non-hydrogen) atoms. The van der Waals surface area contributed by atoms with Crippen molar-refractivity contribution in [2.75, 3.05) is 11.9 Å². The first-order valence-corrected chi connectivity index (χ1v) is 6.80. The lowest BCUT2D eigenvalue weighted by Crippen LogP contribution is -2.35. The molecule has 0 atom stereocenters. The quantitative estimate of drug-likeness (QED) is 0.879. The predicted octanol–water partition coefficient (Wildman–Crippen LogP) is 2.33. The van der Waals surface area contributed by atoms with Crippen LogP contribution in [0.5, 0.6) is 0 Å². The van der Waals surface area contributed by atoms with E-state index in [0.29, 0.717) is 11.6 Å². The number of carbonyl (C=O) groups is 2. The molecule has 1 aromatic heterocycles. The molecule has 1 aromatic carbocycles. The molecule has 0 aliphatic carbocycles. The van der Waals surface area contributed by atoms with Gasteiger partial charge < -0.3 is 10.2 Å². The Kier molecular flexibility index (Phi) is 3.58. The SMILES string of the molecule is O=C1CN(C(=O)c2ccc(Cl)cn2)Cc2ccccc2N1. The third kappa shape index (κ3) is 2.87. The molecule has 6 heteroatoms. The van der Waals surface area contributed by atoms with Crippen molar-refractivity contribution >= 4 is 29.1 Å². The fraction of sp³-hybridized carbons (Fsp3) is 0.133. The molecule has 0 unspecified atom stereocenters. The number of rotatable bonds is 1. The zero-order valence-electron chi connectivity index (χ0n) is 11.0. The minimum absolute atomic E-state index is 0.00216. The van der Waals surface area contributed by atoms with E-state index in [9.17, 15) is 9.59 Å². The third-order valence-corrected chi connectivity index (χ3v) is 3.44. The van der Waals surface area contributed by atoms with E-state index in [4.69, 9.17) is 11.6 Å². The minimum Gasteiger partial charge on any atom is -0.324 e. The fourth-order valence-corrected chi connectivity index (χ4v) is 2.32. The van der Waals surface area contributed by atoms with Crippen molar-refractivity contribution in [3.05, 3.63) is 58.9 Å². The lowest BCUT2D eigenvalue weighted by molar-refractivity contribution is -0.116. The summed E-state index contributed by atoms with van der Waals surface area (Å²) in [5.41, 5.74) is 1.90. The molecule has 106 valence electrons. The van der Waals surface area contributed by atoms with Gasteiger partial charge in [0, 0.05) is 18.4 Å². The van der Waals surface area contributed by atoms with Gasteiger partial charge in [-0.1, -0.05) is 29.8 Å². The van der Waals surface area contributed by atoms with Crippen molar-refractivity contribution in [1.29, 1.82) is 0 Å². The molecule has 1 aliphatic rings. The van der Waals surface area contributed by atoms with Gasteiger partial charge in [-0.25, -0.2) is 4.98 Å². The van der Waals surface area contributed by atoms with Gasteiger partial charge >= 0.3 is 0 Å². The number of halogens is 1. The van der Waals surface area contributed by atoms with Crippen LogP contribution in [0.25, 0.3) is 0 Å². The molecule has 0 radical (unpaired) electrons. The van der Waals surface area contributed by atoms with Crippen LogP contribution < -0.4 is 5.32 Å². The van der Waals surface area contributed by atoms with Gasteiger partial charge in [-0.3, -0.25) is 9.59 Å². The first-order valence-electron chi connectivity index (χ1n) is 6.42. The molecule has 2 aromatic rings. The highest BCUT2D eigenvalue weighted by Gasteiger charge is 2.24. The van der Waals surface area contributed by atoms with Crippen LogP contribution in [0.2, 0.25) is 5.02 Å². The van der Waals surface area contributed by atoms with Crippen molar-refractivity contribution in [1.82, 2.24) is 9.88 Å². The van der Waals surface area contributed by atoms with E-state index in [-0.39, 0.29) is 24.1 Å². The van der Waals surface area contributed by atoms with Gasteiger partial charge in [0.15, 0.2) is 0 Å². The predicted molar refractivity (Wildman–Crippen MR) is 79.1 cm³/mol. The number of carbonyl (C=O) groups excluding carboxylic acids is 2. The number of para-hydroxylation sites is 1. The molecule has 0 bridgehead atoms. The van der Waals surface area contributed by atoms with Gasteiger partial charge in [0.2, 0.25) is 5.91 Å². The average molecular weight is 302 g/mol. The molecule has 2 amide bonds. The van der Waals surface area contributed by atoms with Gasteiger partial charge in [0.25, 0.3) is 5.91 Å². The zero-order valence-corrected chi connectivity index (χ0v) is 11.8. The Morgan fingerprint density at radius 3 is 2.76 bits per heavy atom. The molecular weight excluding hydrogens is 290 g/mol. The molecular formula is C15H12ClN3O2. The molecule has 0 spiro atoms. The van der Waals surface area contributed by atoms with E-state index in [1.165, 1.54) is 11.1 Å². The normalized spacial score (nSPS) is 14.1. The van der Waals surface area contributed by atoms with Crippen LogP contribution in [0.15, 0.2) is 42.6 Å². The van der Waals surface area contributed by atoms with E-state index in [1.807, 2.05) is 24.3 Å². The maximum absolute atomic E-state index is 12.5. The Bertz CT molecular complexity index is 700. The number of hydrogen-bond acceptors (Lipinski definition) is 3. The van der Waals surface area contributed by atoms with Crippen molar-refractivity contribution in [2.24, 2.45) is 0 Å². The van der Waals surface area contributed by atoms with Crippen LogP contribution in [0.1, 0.15) is 16.1 Å². The smallest absolute Gasteiger partial charge is 0.273 e. The van der Waals surface area contributed by atoms with Crippen LogP contribution in [0, 0.1) is 0 Å². The largest absolute Gasteiger partial charge is 0.324 e. The zero-order chi connectivity index (χ0) is 14.8. The first kappa shape index (κ1) is 13.6. The first-order chi connectivity index (χ1) is 10.1. The van der Waals surface area contributed by atoms with Crippen molar-refractivity contribution in [3.8, 4) is 0 Å². The van der Waals surface area contributed by atoms with Crippen molar-refractivity contribution < 1.29 is 9.59 Å². The number of amides is 2. The molecule has 1 aliphatic heterocycles. The number of aromatic nitrogens is 1. The third-order valence-electron chi connectivity index (χ3n) is 3.22. The average Bonchev–Trinajstić information content (AvgIpc) is 2.65. The number of hydrogen-bond donors (Lipinski definition) is 1. The summed E-state index contributed by atoms with van der Waals surface area (Å²) < 4.78 is 0. The maximum Gasteiger partial charge on any atom is 0.273 e. The van der Waals surface area contributed by atoms with Crippen LogP contribution in [-0.4, -0.2) is 28.2 Å². The van der Waals surface area contributed by atoms with E-state index >= 15 is 0 Å². The fourth-order valence-electron chi connectivity index (χ4n) is 2.21. The van der Waals surface area contributed by atoms with E-state index in [0.717, 1.165) is 11.3 Å². The Labute approximate surface area is 126 Å². The van der Waals surface area contributed by atoms with Crippen LogP contribution >= 0.6 is 11.6 Å². The summed E-state index contributed by atoms with van der Waals surface area (Å²) in [6, 6.07) is 10.6. The topological polar surface area (TPSA) is 62.3 Å². The highest BCUT2D eigenvalue weighted by Crippen LogP contribution is 2.21. The summed E-state index contributed by atoms with van der Waals surface area (Å²) in [6.07, 6.45) is 1.42. The number of benzene rings is 1. The second-order valence-electron chi connectivity index (χ2n) is 4.73. The number of anilines is 1. The molecule has 2 heterocycles. The Morgan fingerprint density at radius 2 is 2.00 bits per heavy atom. The summed E-state index contributed by atoms with van der Waals surface area (Å²) in [5, 5.41) is 3.26. The maximum atomic E-state index is 12.5. The summed E-state index contributed by atoms with van der Waals surface area (Å²) in [6.45, 7) is 0.357. The summed E-state index contributed by atoms with van der Waals surface area (Å²) in [7, 11) is 0. The number of pyridine rings is 1. The highest BCUT2D eigenvalue weighted by molar-refractivity contribution is 6.30. The monoisotopic (exact) mass is 301 g/mol. The van der Waals surface area contributed by atoms with Crippen molar-refractivity contribution in [2.45, 2.75) is 6.54 Å². The van der Waals surface area contributed by atoms with E-state index in [1.54, 1.807) is 12.1 Å². The lowest BCUT2D eigenvalue weighted by Gasteiger charge is -2.19. The van der Waals surface area contributed by atoms with Gasteiger partial charge in [-0.2, -0.15) is 0 Å². The van der Waals surface area contributed by atoms with Crippen LogP contribution in [0.4, 0.5) is 5.69 Å². The Balaban J connectivity index is 1.90. The molecule has 5 nitrogen and oxygen atoms in total. The summed E-state index contributed by atoms with van der Waals surface area (Å²) in [4.78, 5) is 29.8. The summed E-state index contributed by atoms with van der Waals surface area (Å²) >= 11 is 5.77. The molecule has 3 rings (SSSR count). The van der Waals surface area contributed by atoms with Gasteiger partial charge in [0.05, 0.1) is 5.02 Å². The lowest BCUT2D eigenvalue weighted by atomic mass is 10.1. The summed E-state index contributed by atoms with van der Waals surface area (Å²) in [5.74, 6) is -0.513. The molecule has 0 saturated carbocycles. The van der Waals surface area contributed by atoms with Gasteiger partial charge in [-0.15, -0.1) is 0 Å². The number of fused-ring (bicyclic) bond motifs is 1. The number of nitrogens with one attached hydrogen (secondary N) is 1. The Hall–Kier alpha value is -2.40. The highest BCUT2D eigenvalue weighted by atomic mass is 35.5. The van der Waals surface area contributed by atoms with Gasteiger partial charge in [-0.05, 0) is 23.8 Å². The standard InChI is InChI=1S/C15H12ClN3O2/c16-11-5-6-13(17-7-11)15(21)19-8-10-3-1-2-4-12(10)18-14(20)9-19/h1-7H,8-9H2,(H,18,20). The van der Waals surface area contributed by atoms with Gasteiger partial charge in [0.1, 0.15) is 12.2 Å². The second kappa shape index (κ2) is 5.54. The van der Waals surface area contributed by atoms with Crippen LogP contribution in [-0.2, 0) is 11.3 Å². The second-order valence-corrected chi connectivity index (χ2v) is 5.16. The Morgan fingerprint density at radius 1 is 1.19 bits per heavy atom. The molecule has 0 fully saturated rings. The van der Waals surface area contributed by atoms with E-state index < -0.39 is 0 Å². The minimum atomic E-state index is -0.293. The van der Waals surface area contributed by atoms with Crippen molar-refractivity contribution in [3.63, 3.8) is 0 Å². The van der Waals surface area contributed by atoms with Crippen LogP contribution in [0.3, 0.4) is 0 Å². The molecule has 0 saturated heterocycles. The van der Waals surface area contributed by atoms with E-state index in [2.05, 4.69) is 10.3 Å². The molecule has 1 N–H and O–H groups in total. The number of nitrogens with zero attached hydrogens (tertiary/aromatic N) is 2.